The second-order valence-electron chi connectivity index (χ2n) is 6.17. The molecule has 0 aliphatic heterocycles. The van der Waals surface area contributed by atoms with Crippen LogP contribution in [0.25, 0.3) is 10.8 Å². The summed E-state index contributed by atoms with van der Waals surface area (Å²) in [6.07, 6.45) is 1.51. The summed E-state index contributed by atoms with van der Waals surface area (Å²) in [4.78, 5) is 24.0. The molecule has 0 radical (unpaired) electrons. The van der Waals surface area contributed by atoms with Crippen molar-refractivity contribution < 1.29 is 29.3 Å². The largest absolute Gasteiger partial charge is 0.497 e. The van der Waals surface area contributed by atoms with E-state index >= 15 is 0 Å². The molecule has 2 N–H and O–H groups in total. The zero-order valence-electron chi connectivity index (χ0n) is 16.1. The van der Waals surface area contributed by atoms with E-state index < -0.39 is 11.8 Å². The topological polar surface area (TPSA) is 123 Å². The zero-order valence-corrected chi connectivity index (χ0v) is 16.1. The van der Waals surface area contributed by atoms with Gasteiger partial charge in [0.1, 0.15) is 11.5 Å². The number of nitrogens with zero attached hydrogens (tertiary/aromatic N) is 3. The number of aromatic hydroxyl groups is 2. The minimum absolute atomic E-state index is 0.0983. The van der Waals surface area contributed by atoms with Crippen LogP contribution in [0.4, 0.5) is 0 Å². The number of hydrogen-bond donors (Lipinski definition) is 2. The number of ether oxygens (including phenoxy) is 2. The fraction of sp³-hybridized carbons (Fsp3) is 0.143. The Morgan fingerprint density at radius 1 is 1.03 bits per heavy atom. The van der Waals surface area contributed by atoms with Gasteiger partial charge in [0.25, 0.3) is 5.91 Å². The lowest BCUT2D eigenvalue weighted by molar-refractivity contribution is -0.120. The Balaban J connectivity index is 1.67. The van der Waals surface area contributed by atoms with Gasteiger partial charge in [-0.25, -0.2) is 0 Å². The summed E-state index contributed by atoms with van der Waals surface area (Å²) in [7, 11) is 1.54. The highest BCUT2D eigenvalue weighted by Gasteiger charge is 2.17. The predicted molar refractivity (Wildman–Crippen MR) is 108 cm³/mol. The average Bonchev–Trinajstić information content (AvgIpc) is 3.01. The van der Waals surface area contributed by atoms with Crippen molar-refractivity contribution in [1.82, 2.24) is 4.57 Å². The van der Waals surface area contributed by atoms with Crippen LogP contribution in [0.1, 0.15) is 10.4 Å². The summed E-state index contributed by atoms with van der Waals surface area (Å²) >= 11 is 0. The SMILES string of the molecule is C=CCn1c(O)c2ccc(C(=O)N=NC(=O)COc3ccc(OC)cc3)cc2c1O. The highest BCUT2D eigenvalue weighted by atomic mass is 16.5. The second kappa shape index (κ2) is 8.91. The number of rotatable bonds is 7. The van der Waals surface area contributed by atoms with Crippen LogP contribution in [0.3, 0.4) is 0 Å². The Morgan fingerprint density at radius 2 is 1.70 bits per heavy atom. The number of allylic oxidation sites excluding steroid dienone is 1. The molecule has 9 nitrogen and oxygen atoms in total. The molecule has 2 aromatic carbocycles. The van der Waals surface area contributed by atoms with Gasteiger partial charge in [0.15, 0.2) is 6.61 Å². The van der Waals surface area contributed by atoms with E-state index in [1.807, 2.05) is 0 Å². The minimum atomic E-state index is -0.773. The number of fused-ring (bicyclic) bond motifs is 1. The molecule has 9 heteroatoms. The molecule has 154 valence electrons. The number of amides is 2. The Morgan fingerprint density at radius 3 is 2.37 bits per heavy atom. The quantitative estimate of drug-likeness (QED) is 0.455. The number of methoxy groups -OCH3 is 1. The van der Waals surface area contributed by atoms with E-state index in [1.165, 1.54) is 36.0 Å². The van der Waals surface area contributed by atoms with Crippen LogP contribution in [0, 0.1) is 0 Å². The lowest BCUT2D eigenvalue weighted by Gasteiger charge is -2.04. The molecule has 0 aliphatic carbocycles. The minimum Gasteiger partial charge on any atom is -0.497 e. The van der Waals surface area contributed by atoms with Gasteiger partial charge < -0.3 is 19.7 Å². The van der Waals surface area contributed by atoms with Crippen molar-refractivity contribution >= 4 is 22.6 Å². The Bertz CT molecular complexity index is 1130. The van der Waals surface area contributed by atoms with E-state index in [2.05, 4.69) is 16.8 Å². The van der Waals surface area contributed by atoms with Gasteiger partial charge in [-0.2, -0.15) is 0 Å². The van der Waals surface area contributed by atoms with Crippen molar-refractivity contribution in [3.63, 3.8) is 0 Å². The molecule has 1 heterocycles. The third-order valence-corrected chi connectivity index (χ3v) is 4.25. The van der Waals surface area contributed by atoms with E-state index in [4.69, 9.17) is 9.47 Å². The van der Waals surface area contributed by atoms with Gasteiger partial charge in [-0.15, -0.1) is 16.8 Å². The standard InChI is InChI=1S/C21H19N3O6/c1-3-10-24-20(27)16-9-4-13(11-17(16)21(24)28)19(26)23-22-18(25)12-30-15-7-5-14(29-2)6-8-15/h3-9,11,27-28H,1,10,12H2,2H3. The van der Waals surface area contributed by atoms with Gasteiger partial charge in [-0.1, -0.05) is 6.08 Å². The van der Waals surface area contributed by atoms with Crippen LogP contribution in [0.15, 0.2) is 65.3 Å². The number of carbonyl (C=O) groups excluding carboxylic acids is 2. The maximum Gasteiger partial charge on any atom is 0.302 e. The number of hydrogen-bond acceptors (Lipinski definition) is 6. The maximum atomic E-state index is 12.2. The van der Waals surface area contributed by atoms with Crippen LogP contribution >= 0.6 is 0 Å². The third-order valence-electron chi connectivity index (χ3n) is 4.25. The Kier molecular flexibility index (Phi) is 6.11. The van der Waals surface area contributed by atoms with Crippen LogP contribution < -0.4 is 9.47 Å². The first kappa shape index (κ1) is 20.6. The average molecular weight is 409 g/mol. The number of azo groups is 1. The van der Waals surface area contributed by atoms with Gasteiger partial charge in [0, 0.05) is 22.9 Å². The molecule has 2 amide bonds. The van der Waals surface area contributed by atoms with Crippen molar-refractivity contribution in [2.45, 2.75) is 6.54 Å². The molecule has 0 unspecified atom stereocenters. The van der Waals surface area contributed by atoms with Gasteiger partial charge in [0.05, 0.1) is 7.11 Å². The van der Waals surface area contributed by atoms with E-state index in [1.54, 1.807) is 24.3 Å². The lowest BCUT2D eigenvalue weighted by Crippen LogP contribution is -2.08. The molecule has 0 spiro atoms. The highest BCUT2D eigenvalue weighted by molar-refractivity contribution is 6.02. The van der Waals surface area contributed by atoms with Gasteiger partial charge in [0.2, 0.25) is 11.8 Å². The predicted octanol–water partition coefficient (Wildman–Crippen LogP) is 3.45. The van der Waals surface area contributed by atoms with Crippen molar-refractivity contribution in [1.29, 1.82) is 0 Å². The van der Waals surface area contributed by atoms with E-state index in [-0.39, 0.29) is 35.9 Å². The van der Waals surface area contributed by atoms with E-state index in [9.17, 15) is 19.8 Å². The van der Waals surface area contributed by atoms with Crippen LogP contribution in [0.2, 0.25) is 0 Å². The molecule has 0 aliphatic rings. The molecule has 0 bridgehead atoms. The lowest BCUT2D eigenvalue weighted by atomic mass is 10.1. The fourth-order valence-corrected chi connectivity index (χ4v) is 2.76. The van der Waals surface area contributed by atoms with E-state index in [0.29, 0.717) is 16.9 Å². The Labute approximate surface area is 171 Å². The first-order chi connectivity index (χ1) is 14.4. The van der Waals surface area contributed by atoms with Crippen molar-refractivity contribution in [3.05, 3.63) is 60.7 Å². The first-order valence-corrected chi connectivity index (χ1v) is 8.85. The summed E-state index contributed by atoms with van der Waals surface area (Å²) in [5, 5.41) is 27.8. The summed E-state index contributed by atoms with van der Waals surface area (Å²) < 4.78 is 11.5. The molecule has 0 saturated carbocycles. The first-order valence-electron chi connectivity index (χ1n) is 8.85. The number of aromatic nitrogens is 1. The summed E-state index contributed by atoms with van der Waals surface area (Å²) in [5.74, 6) is -0.777. The molecule has 30 heavy (non-hydrogen) atoms. The fourth-order valence-electron chi connectivity index (χ4n) is 2.76. The smallest absolute Gasteiger partial charge is 0.302 e. The molecule has 0 saturated heterocycles. The van der Waals surface area contributed by atoms with Gasteiger partial charge in [-0.3, -0.25) is 14.2 Å². The molecule has 3 aromatic rings. The maximum absolute atomic E-state index is 12.2. The third kappa shape index (κ3) is 4.30. The van der Waals surface area contributed by atoms with Gasteiger partial charge in [-0.05, 0) is 42.5 Å². The molecule has 1 aromatic heterocycles. The molecule has 0 atom stereocenters. The molecule has 0 fully saturated rings. The zero-order chi connectivity index (χ0) is 21.7. The normalized spacial score (nSPS) is 11.0. The molecular weight excluding hydrogens is 390 g/mol. The monoisotopic (exact) mass is 409 g/mol. The summed E-state index contributed by atoms with van der Waals surface area (Å²) in [6.45, 7) is 3.37. The molecule has 3 rings (SSSR count). The van der Waals surface area contributed by atoms with Crippen molar-refractivity contribution in [2.75, 3.05) is 13.7 Å². The van der Waals surface area contributed by atoms with Crippen molar-refractivity contribution in [2.24, 2.45) is 10.2 Å². The number of benzene rings is 2. The summed E-state index contributed by atoms with van der Waals surface area (Å²) in [5.41, 5.74) is 0.0983. The van der Waals surface area contributed by atoms with Gasteiger partial charge >= 0.3 is 5.91 Å². The second-order valence-corrected chi connectivity index (χ2v) is 6.17. The summed E-state index contributed by atoms with van der Waals surface area (Å²) in [6, 6.07) is 10.9. The van der Waals surface area contributed by atoms with Crippen molar-refractivity contribution in [3.8, 4) is 23.3 Å². The van der Waals surface area contributed by atoms with E-state index in [0.717, 1.165) is 0 Å². The van der Waals surface area contributed by atoms with Crippen LogP contribution in [-0.4, -0.2) is 40.3 Å². The van der Waals surface area contributed by atoms with Crippen LogP contribution in [0.5, 0.6) is 23.3 Å². The molecular formula is C21H19N3O6. The Hall–Kier alpha value is -4.14. The van der Waals surface area contributed by atoms with Crippen LogP contribution in [-0.2, 0) is 11.3 Å². The highest BCUT2D eigenvalue weighted by Crippen LogP contribution is 2.36. The number of carbonyl (C=O) groups is 2.